The Morgan fingerprint density at radius 1 is 1.32 bits per heavy atom. The van der Waals surface area contributed by atoms with Gasteiger partial charge in [-0.25, -0.2) is 9.97 Å². The number of hydrogen-bond donors (Lipinski definition) is 1. The van der Waals surface area contributed by atoms with Gasteiger partial charge in [0.05, 0.1) is 22.9 Å². The van der Waals surface area contributed by atoms with E-state index < -0.39 is 0 Å². The van der Waals surface area contributed by atoms with E-state index in [0.717, 1.165) is 5.13 Å². The lowest BCUT2D eigenvalue weighted by Crippen LogP contribution is -2.38. The fraction of sp³-hybridized carbons (Fsp3) is 0.381. The Kier molecular flexibility index (Phi) is 6.52. The number of hydrogen-bond acceptors (Lipinski definition) is 7. The molecule has 1 aliphatic heterocycles. The Labute approximate surface area is 194 Å². The summed E-state index contributed by atoms with van der Waals surface area (Å²) in [5.41, 5.74) is 1.55. The van der Waals surface area contributed by atoms with Crippen LogP contribution in [0.4, 0.5) is 10.8 Å². The van der Waals surface area contributed by atoms with Crippen LogP contribution in [0.5, 0.6) is 0 Å². The van der Waals surface area contributed by atoms with Crippen molar-refractivity contribution < 1.29 is 4.74 Å². The van der Waals surface area contributed by atoms with Crippen molar-refractivity contribution in [2.45, 2.75) is 26.0 Å². The van der Waals surface area contributed by atoms with Crippen molar-refractivity contribution in [2.24, 2.45) is 7.05 Å². The average Bonchev–Trinajstić information content (AvgIpc) is 3.39. The van der Waals surface area contributed by atoms with Crippen LogP contribution in [0.1, 0.15) is 12.6 Å². The Morgan fingerprint density at radius 3 is 2.81 bits per heavy atom. The second-order valence-corrected chi connectivity index (χ2v) is 9.07. The molecule has 3 aromatic rings. The lowest BCUT2D eigenvalue weighted by molar-refractivity contribution is 0.0720. The molecule has 10 heteroatoms. The summed E-state index contributed by atoms with van der Waals surface area (Å²) in [6.07, 6.45) is 1.73. The van der Waals surface area contributed by atoms with E-state index in [9.17, 15) is 4.79 Å². The number of ether oxygens (including phenoxy) is 1. The largest absolute Gasteiger partial charge is 0.374 e. The van der Waals surface area contributed by atoms with Crippen LogP contribution >= 0.6 is 34.5 Å². The number of halogens is 2. The molecule has 1 saturated heterocycles. The predicted molar refractivity (Wildman–Crippen MR) is 127 cm³/mol. The third kappa shape index (κ3) is 4.43. The predicted octanol–water partition coefficient (Wildman–Crippen LogP) is 4.22. The highest BCUT2D eigenvalue weighted by Crippen LogP contribution is 2.30. The number of anilines is 2. The van der Waals surface area contributed by atoms with Gasteiger partial charge in [0.1, 0.15) is 11.5 Å². The molecule has 1 fully saturated rings. The molecule has 0 spiro atoms. The van der Waals surface area contributed by atoms with Crippen molar-refractivity contribution in [1.29, 1.82) is 0 Å². The minimum Gasteiger partial charge on any atom is -0.374 e. The van der Waals surface area contributed by atoms with Gasteiger partial charge in [0, 0.05) is 48.9 Å². The Bertz CT molecular complexity index is 1140. The molecule has 2 atom stereocenters. The van der Waals surface area contributed by atoms with Crippen LogP contribution in [-0.4, -0.2) is 46.4 Å². The van der Waals surface area contributed by atoms with Crippen LogP contribution in [0.2, 0.25) is 10.0 Å². The normalized spacial score (nSPS) is 18.5. The van der Waals surface area contributed by atoms with E-state index in [1.54, 1.807) is 42.8 Å². The molecule has 2 unspecified atom stereocenters. The molecule has 0 amide bonds. The fourth-order valence-corrected chi connectivity index (χ4v) is 4.95. The van der Waals surface area contributed by atoms with E-state index >= 15 is 0 Å². The van der Waals surface area contributed by atoms with Crippen molar-refractivity contribution in [1.82, 2.24) is 14.5 Å². The zero-order chi connectivity index (χ0) is 22.1. The third-order valence-electron chi connectivity index (χ3n) is 5.31. The fourth-order valence-electron chi connectivity index (χ4n) is 3.80. The molecular formula is C21H23Cl2N5O2S. The summed E-state index contributed by atoms with van der Waals surface area (Å²) in [7, 11) is 1.69. The van der Waals surface area contributed by atoms with Crippen molar-refractivity contribution in [2.75, 3.05) is 29.9 Å². The first-order chi connectivity index (χ1) is 14.9. The average molecular weight is 480 g/mol. The molecular weight excluding hydrogens is 457 g/mol. The van der Waals surface area contributed by atoms with Gasteiger partial charge in [-0.1, -0.05) is 23.2 Å². The van der Waals surface area contributed by atoms with Crippen molar-refractivity contribution in [3.63, 3.8) is 0 Å². The highest BCUT2D eigenvalue weighted by molar-refractivity contribution is 7.13. The summed E-state index contributed by atoms with van der Waals surface area (Å²) in [5.74, 6) is 0.493. The van der Waals surface area contributed by atoms with Gasteiger partial charge in [0.15, 0.2) is 5.13 Å². The van der Waals surface area contributed by atoms with E-state index in [4.69, 9.17) is 27.9 Å². The van der Waals surface area contributed by atoms with Gasteiger partial charge in [-0.2, -0.15) is 0 Å². The highest BCUT2D eigenvalue weighted by atomic mass is 35.5. The molecule has 1 aliphatic rings. The van der Waals surface area contributed by atoms with Gasteiger partial charge in [0.25, 0.3) is 5.56 Å². The van der Waals surface area contributed by atoms with Gasteiger partial charge in [-0.05, 0) is 32.0 Å². The van der Waals surface area contributed by atoms with E-state index in [2.05, 4.69) is 20.2 Å². The number of aryl methyl sites for hydroxylation is 1. The number of benzene rings is 1. The van der Waals surface area contributed by atoms with Gasteiger partial charge in [-0.15, -0.1) is 11.3 Å². The van der Waals surface area contributed by atoms with Crippen molar-refractivity contribution >= 4 is 45.4 Å². The van der Waals surface area contributed by atoms with E-state index in [1.165, 1.54) is 4.57 Å². The molecule has 0 radical (unpaired) electrons. The molecule has 0 saturated carbocycles. The number of nitrogens with zero attached hydrogens (tertiary/aromatic N) is 4. The minimum atomic E-state index is -0.170. The summed E-state index contributed by atoms with van der Waals surface area (Å²) >= 11 is 14.0. The second-order valence-electron chi connectivity index (χ2n) is 7.35. The third-order valence-corrected chi connectivity index (χ3v) is 6.69. The monoisotopic (exact) mass is 479 g/mol. The van der Waals surface area contributed by atoms with Gasteiger partial charge in [-0.3, -0.25) is 9.36 Å². The number of aromatic nitrogens is 3. The van der Waals surface area contributed by atoms with E-state index in [0.29, 0.717) is 52.5 Å². The zero-order valence-corrected chi connectivity index (χ0v) is 19.8. The van der Waals surface area contributed by atoms with Crippen LogP contribution in [-0.2, 0) is 11.8 Å². The van der Waals surface area contributed by atoms with Crippen molar-refractivity contribution in [3.05, 3.63) is 55.9 Å². The van der Waals surface area contributed by atoms with Crippen LogP contribution < -0.4 is 15.8 Å². The van der Waals surface area contributed by atoms with Gasteiger partial charge in [0.2, 0.25) is 0 Å². The maximum Gasteiger partial charge on any atom is 0.277 e. The number of nitrogens with one attached hydrogen (secondary N) is 1. The number of rotatable bonds is 6. The first-order valence-electron chi connectivity index (χ1n) is 9.94. The van der Waals surface area contributed by atoms with Gasteiger partial charge < -0.3 is 15.0 Å². The number of thiazole rings is 1. The maximum absolute atomic E-state index is 13.3. The molecule has 1 N–H and O–H groups in total. The summed E-state index contributed by atoms with van der Waals surface area (Å²) in [5, 5.41) is 7.29. The summed E-state index contributed by atoms with van der Waals surface area (Å²) in [6.45, 7) is 5.79. The van der Waals surface area contributed by atoms with E-state index in [-0.39, 0.29) is 17.7 Å². The molecule has 164 valence electrons. The molecule has 1 aromatic carbocycles. The lowest BCUT2D eigenvalue weighted by atomic mass is 10.1. The molecule has 7 nitrogen and oxygen atoms in total. The van der Waals surface area contributed by atoms with Crippen LogP contribution in [0.15, 0.2) is 34.6 Å². The molecule has 0 bridgehead atoms. The lowest BCUT2D eigenvalue weighted by Gasteiger charge is -2.22. The summed E-state index contributed by atoms with van der Waals surface area (Å²) < 4.78 is 7.47. The first-order valence-corrected chi connectivity index (χ1v) is 11.6. The molecule has 0 aliphatic carbocycles. The summed E-state index contributed by atoms with van der Waals surface area (Å²) in [4.78, 5) is 24.5. The SMILES string of the molecule is CCOC1CN(c2nccs2)CC1Nc1c(C)nc(-c2ccc(Cl)cc2Cl)n(C)c1=O. The molecule has 3 heterocycles. The molecule has 31 heavy (non-hydrogen) atoms. The quantitative estimate of drug-likeness (QED) is 0.570. The Morgan fingerprint density at radius 2 is 2.13 bits per heavy atom. The van der Waals surface area contributed by atoms with Crippen LogP contribution in [0.3, 0.4) is 0 Å². The Balaban J connectivity index is 1.65. The van der Waals surface area contributed by atoms with Crippen LogP contribution in [0, 0.1) is 6.92 Å². The van der Waals surface area contributed by atoms with Crippen molar-refractivity contribution in [3.8, 4) is 11.4 Å². The topological polar surface area (TPSA) is 72.3 Å². The molecule has 4 rings (SSSR count). The maximum atomic E-state index is 13.3. The highest BCUT2D eigenvalue weighted by Gasteiger charge is 2.35. The molecule has 2 aromatic heterocycles. The smallest absolute Gasteiger partial charge is 0.277 e. The second kappa shape index (κ2) is 9.16. The zero-order valence-electron chi connectivity index (χ0n) is 17.4. The standard InChI is InChI=1S/C21H23Cl2N5O2S/c1-4-30-17-11-28(21-24-7-8-31-21)10-16(17)26-18-12(2)25-19(27(3)20(18)29)14-6-5-13(22)9-15(14)23/h5-9,16-17,26H,4,10-11H2,1-3H3. The Hall–Kier alpha value is -2.13. The van der Waals surface area contributed by atoms with Gasteiger partial charge >= 0.3 is 0 Å². The minimum absolute atomic E-state index is 0.0663. The van der Waals surface area contributed by atoms with Crippen LogP contribution in [0.25, 0.3) is 11.4 Å². The summed E-state index contributed by atoms with van der Waals surface area (Å²) in [6, 6.07) is 5.08. The first kappa shape index (κ1) is 22.1. The van der Waals surface area contributed by atoms with E-state index in [1.807, 2.05) is 19.2 Å².